The molecule has 3 aromatic rings. The van der Waals surface area contributed by atoms with Crippen LogP contribution >= 0.6 is 11.3 Å². The van der Waals surface area contributed by atoms with Gasteiger partial charge >= 0.3 is 5.97 Å². The van der Waals surface area contributed by atoms with Crippen molar-refractivity contribution in [3.8, 4) is 11.5 Å². The lowest BCUT2D eigenvalue weighted by Gasteiger charge is -2.23. The Kier molecular flexibility index (Phi) is 6.57. The van der Waals surface area contributed by atoms with Gasteiger partial charge in [0.05, 0.1) is 39.5 Å². The molecule has 1 aliphatic rings. The summed E-state index contributed by atoms with van der Waals surface area (Å²) >= 11 is 1.36. The Morgan fingerprint density at radius 3 is 2.38 bits per heavy atom. The van der Waals surface area contributed by atoms with E-state index in [1.54, 1.807) is 49.5 Å². The number of hydrogen-bond acceptors (Lipinski definition) is 8. The molecular formula is C23H24N2O6S. The molecule has 9 heteroatoms. The number of aromatic nitrogens is 1. The van der Waals surface area contributed by atoms with Crippen molar-refractivity contribution in [2.75, 3.05) is 39.4 Å². The number of hydrogen-bond donors (Lipinski definition) is 0. The lowest BCUT2D eigenvalue weighted by atomic mass is 10.1. The molecule has 0 radical (unpaired) electrons. The zero-order chi connectivity index (χ0) is 22.7. The molecule has 168 valence electrons. The lowest BCUT2D eigenvalue weighted by Crippen LogP contribution is -2.37. The van der Waals surface area contributed by atoms with Crippen LogP contribution in [0.25, 0.3) is 10.2 Å². The monoisotopic (exact) mass is 456 g/mol. The largest absolute Gasteiger partial charge is 0.495 e. The molecule has 0 bridgehead atoms. The van der Waals surface area contributed by atoms with Gasteiger partial charge in [-0.2, -0.15) is 0 Å². The highest BCUT2D eigenvalue weighted by Gasteiger charge is 2.28. The number of thiazole rings is 1. The number of esters is 1. The van der Waals surface area contributed by atoms with Gasteiger partial charge in [0.25, 0.3) is 5.91 Å². The van der Waals surface area contributed by atoms with Crippen LogP contribution in [0, 0.1) is 0 Å². The van der Waals surface area contributed by atoms with E-state index in [4.69, 9.17) is 23.9 Å². The topological polar surface area (TPSA) is 87.2 Å². The molecule has 0 saturated carbocycles. The van der Waals surface area contributed by atoms with Gasteiger partial charge in [-0.15, -0.1) is 0 Å². The highest BCUT2D eigenvalue weighted by molar-refractivity contribution is 7.22. The fraction of sp³-hybridized carbons (Fsp3) is 0.348. The summed E-state index contributed by atoms with van der Waals surface area (Å²) in [4.78, 5) is 31.6. The Morgan fingerprint density at radius 1 is 1.06 bits per heavy atom. The highest BCUT2D eigenvalue weighted by Crippen LogP contribution is 2.40. The van der Waals surface area contributed by atoms with Crippen molar-refractivity contribution in [1.82, 2.24) is 4.98 Å². The van der Waals surface area contributed by atoms with Gasteiger partial charge in [-0.3, -0.25) is 9.69 Å². The fourth-order valence-electron chi connectivity index (χ4n) is 3.65. The van der Waals surface area contributed by atoms with E-state index < -0.39 is 5.97 Å². The number of carbonyl (C=O) groups is 2. The Morgan fingerprint density at radius 2 is 1.75 bits per heavy atom. The molecule has 8 nitrogen and oxygen atoms in total. The molecule has 2 aromatic carbocycles. The third-order valence-electron chi connectivity index (χ3n) is 5.34. The number of benzene rings is 2. The first-order chi connectivity index (χ1) is 15.5. The molecule has 4 rings (SSSR count). The molecule has 0 aliphatic carbocycles. The zero-order valence-electron chi connectivity index (χ0n) is 18.1. The number of anilines is 1. The summed E-state index contributed by atoms with van der Waals surface area (Å²) in [6.07, 6.45) is 1.77. The van der Waals surface area contributed by atoms with E-state index in [9.17, 15) is 9.59 Å². The summed E-state index contributed by atoms with van der Waals surface area (Å²) in [6.45, 7) is 1.06. The maximum Gasteiger partial charge on any atom is 0.337 e. The second-order valence-electron chi connectivity index (χ2n) is 7.26. The molecule has 1 atom stereocenters. The maximum absolute atomic E-state index is 13.5. The first-order valence-corrected chi connectivity index (χ1v) is 11.0. The standard InChI is InChI=1S/C23H24N2O6S/c1-28-17-10-11-18(29-2)20-19(17)24-23(32-20)25(13-16-5-4-12-31-16)21(26)14-6-8-15(9-7-14)22(27)30-3/h6-11,16H,4-5,12-13H2,1-3H3. The molecular weight excluding hydrogens is 432 g/mol. The predicted octanol–water partition coefficient (Wildman–Crippen LogP) is 3.93. The van der Waals surface area contributed by atoms with E-state index in [-0.39, 0.29) is 12.0 Å². The van der Waals surface area contributed by atoms with Gasteiger partial charge in [0.1, 0.15) is 21.7 Å². The summed E-state index contributed by atoms with van der Waals surface area (Å²) in [7, 11) is 4.50. The van der Waals surface area contributed by atoms with Crippen LogP contribution in [-0.2, 0) is 9.47 Å². The summed E-state index contributed by atoms with van der Waals surface area (Å²) in [5, 5.41) is 0.528. The minimum atomic E-state index is -0.453. The first-order valence-electron chi connectivity index (χ1n) is 10.2. The quantitative estimate of drug-likeness (QED) is 0.498. The third-order valence-corrected chi connectivity index (χ3v) is 6.43. The van der Waals surface area contributed by atoms with Crippen molar-refractivity contribution in [3.05, 3.63) is 47.5 Å². The van der Waals surface area contributed by atoms with Crippen LogP contribution in [-0.4, -0.2) is 57.4 Å². The summed E-state index contributed by atoms with van der Waals surface area (Å²) in [5.41, 5.74) is 1.45. The molecule has 1 unspecified atom stereocenters. The van der Waals surface area contributed by atoms with Gasteiger partial charge in [-0.05, 0) is 49.2 Å². The van der Waals surface area contributed by atoms with Crippen molar-refractivity contribution in [2.45, 2.75) is 18.9 Å². The van der Waals surface area contributed by atoms with E-state index in [1.165, 1.54) is 18.4 Å². The molecule has 32 heavy (non-hydrogen) atoms. The van der Waals surface area contributed by atoms with Gasteiger partial charge in [0, 0.05) is 12.2 Å². The Labute approximate surface area is 189 Å². The second-order valence-corrected chi connectivity index (χ2v) is 8.24. The Hall–Kier alpha value is -3.17. The number of rotatable bonds is 7. The van der Waals surface area contributed by atoms with Crippen LogP contribution in [0.1, 0.15) is 33.6 Å². The average molecular weight is 457 g/mol. The molecule has 1 saturated heterocycles. The molecule has 1 amide bonds. The Bertz CT molecular complexity index is 1080. The predicted molar refractivity (Wildman–Crippen MR) is 121 cm³/mol. The normalized spacial score (nSPS) is 15.5. The van der Waals surface area contributed by atoms with E-state index in [2.05, 4.69) is 0 Å². The number of carbonyl (C=O) groups excluding carboxylic acids is 2. The highest BCUT2D eigenvalue weighted by atomic mass is 32.1. The minimum Gasteiger partial charge on any atom is -0.495 e. The Balaban J connectivity index is 1.73. The molecule has 1 fully saturated rings. The van der Waals surface area contributed by atoms with E-state index in [1.807, 2.05) is 6.07 Å². The fourth-order valence-corrected chi connectivity index (χ4v) is 4.73. The first kappa shape index (κ1) is 22.0. The third kappa shape index (κ3) is 4.26. The van der Waals surface area contributed by atoms with Crippen molar-refractivity contribution >= 4 is 38.6 Å². The van der Waals surface area contributed by atoms with Gasteiger partial charge in [0.15, 0.2) is 5.13 Å². The van der Waals surface area contributed by atoms with Crippen LogP contribution in [0.2, 0.25) is 0 Å². The molecule has 2 heterocycles. The van der Waals surface area contributed by atoms with Crippen molar-refractivity contribution in [1.29, 1.82) is 0 Å². The number of ether oxygens (including phenoxy) is 4. The molecule has 1 aromatic heterocycles. The second kappa shape index (κ2) is 9.54. The average Bonchev–Trinajstić information content (AvgIpc) is 3.51. The van der Waals surface area contributed by atoms with Gasteiger partial charge in [-0.25, -0.2) is 9.78 Å². The van der Waals surface area contributed by atoms with E-state index in [0.29, 0.717) is 46.4 Å². The van der Waals surface area contributed by atoms with Crippen LogP contribution in [0.15, 0.2) is 36.4 Å². The molecule has 0 N–H and O–H groups in total. The van der Waals surface area contributed by atoms with Crippen LogP contribution in [0.4, 0.5) is 5.13 Å². The maximum atomic E-state index is 13.5. The SMILES string of the molecule is COC(=O)c1ccc(C(=O)N(CC2CCCO2)c2nc3c(OC)ccc(OC)c3s2)cc1. The van der Waals surface area contributed by atoms with Crippen LogP contribution in [0.3, 0.4) is 0 Å². The number of nitrogens with zero attached hydrogens (tertiary/aromatic N) is 2. The van der Waals surface area contributed by atoms with Crippen molar-refractivity contribution in [2.24, 2.45) is 0 Å². The minimum absolute atomic E-state index is 0.0657. The summed E-state index contributed by atoms with van der Waals surface area (Å²) in [5.74, 6) is 0.589. The van der Waals surface area contributed by atoms with Gasteiger partial charge < -0.3 is 18.9 Å². The van der Waals surface area contributed by atoms with Crippen LogP contribution in [0.5, 0.6) is 11.5 Å². The number of methoxy groups -OCH3 is 3. The van der Waals surface area contributed by atoms with Gasteiger partial charge in [0.2, 0.25) is 0 Å². The van der Waals surface area contributed by atoms with E-state index >= 15 is 0 Å². The summed E-state index contributed by atoms with van der Waals surface area (Å²) in [6, 6.07) is 10.0. The summed E-state index contributed by atoms with van der Waals surface area (Å²) < 4.78 is 22.3. The van der Waals surface area contributed by atoms with E-state index in [0.717, 1.165) is 17.5 Å². The molecule has 0 spiro atoms. The van der Waals surface area contributed by atoms with Crippen LogP contribution < -0.4 is 14.4 Å². The van der Waals surface area contributed by atoms with Crippen molar-refractivity contribution < 1.29 is 28.5 Å². The zero-order valence-corrected chi connectivity index (χ0v) is 18.9. The number of fused-ring (bicyclic) bond motifs is 1. The smallest absolute Gasteiger partial charge is 0.337 e. The van der Waals surface area contributed by atoms with Crippen molar-refractivity contribution in [3.63, 3.8) is 0 Å². The molecule has 1 aliphatic heterocycles. The lowest BCUT2D eigenvalue weighted by molar-refractivity contribution is 0.0600. The van der Waals surface area contributed by atoms with Gasteiger partial charge in [-0.1, -0.05) is 11.3 Å². The number of amides is 1.